The maximum atomic E-state index is 12.7. The first-order chi connectivity index (χ1) is 9.85. The lowest BCUT2D eigenvalue weighted by Gasteiger charge is -2.24. The highest BCUT2D eigenvalue weighted by Gasteiger charge is 2.21. The number of halogens is 1. The predicted molar refractivity (Wildman–Crippen MR) is 90.2 cm³/mol. The molecular formula is C16H25ClN2O3. The van der Waals surface area contributed by atoms with Gasteiger partial charge in [-0.1, -0.05) is 19.9 Å². The second kappa shape index (κ2) is 9.30. The number of benzene rings is 1. The third kappa shape index (κ3) is 5.93. The van der Waals surface area contributed by atoms with Crippen LogP contribution in [0.3, 0.4) is 0 Å². The van der Waals surface area contributed by atoms with Gasteiger partial charge in [0.05, 0.1) is 6.61 Å². The van der Waals surface area contributed by atoms with Crippen molar-refractivity contribution >= 4 is 30.0 Å². The van der Waals surface area contributed by atoms with Gasteiger partial charge in [-0.15, -0.1) is 12.4 Å². The van der Waals surface area contributed by atoms with E-state index >= 15 is 0 Å². The Morgan fingerprint density at radius 3 is 2.50 bits per heavy atom. The molecule has 1 aromatic carbocycles. The summed E-state index contributed by atoms with van der Waals surface area (Å²) in [6.07, 6.45) is 0. The fourth-order valence-electron chi connectivity index (χ4n) is 2.06. The first-order valence-electron chi connectivity index (χ1n) is 7.16. The minimum absolute atomic E-state index is 0. The van der Waals surface area contributed by atoms with Crippen LogP contribution in [0.25, 0.3) is 0 Å². The minimum Gasteiger partial charge on any atom is -0.465 e. The van der Waals surface area contributed by atoms with Gasteiger partial charge in [-0.25, -0.2) is 0 Å². The van der Waals surface area contributed by atoms with E-state index in [4.69, 9.17) is 10.5 Å². The molecule has 0 aliphatic rings. The van der Waals surface area contributed by atoms with E-state index in [9.17, 15) is 9.59 Å². The molecular weight excluding hydrogens is 304 g/mol. The molecule has 0 unspecified atom stereocenters. The van der Waals surface area contributed by atoms with Crippen LogP contribution in [0.4, 0.5) is 5.69 Å². The van der Waals surface area contributed by atoms with Gasteiger partial charge in [0, 0.05) is 17.8 Å². The molecule has 0 fully saturated rings. The molecule has 0 aliphatic heterocycles. The number of esters is 1. The molecule has 0 spiro atoms. The number of anilines is 1. The average molecular weight is 329 g/mol. The van der Waals surface area contributed by atoms with Crippen LogP contribution in [0, 0.1) is 12.8 Å². The molecule has 2 N–H and O–H groups in total. The van der Waals surface area contributed by atoms with Gasteiger partial charge < -0.3 is 15.4 Å². The zero-order valence-electron chi connectivity index (χ0n) is 13.6. The highest BCUT2D eigenvalue weighted by Crippen LogP contribution is 2.16. The van der Waals surface area contributed by atoms with Crippen LogP contribution in [0.2, 0.25) is 0 Å². The molecule has 0 saturated carbocycles. The summed E-state index contributed by atoms with van der Waals surface area (Å²) in [4.78, 5) is 25.9. The quantitative estimate of drug-likeness (QED) is 0.643. The molecule has 0 bridgehead atoms. The van der Waals surface area contributed by atoms with Gasteiger partial charge in [-0.2, -0.15) is 0 Å². The molecule has 22 heavy (non-hydrogen) atoms. The van der Waals surface area contributed by atoms with Crippen molar-refractivity contribution in [1.82, 2.24) is 4.90 Å². The van der Waals surface area contributed by atoms with Gasteiger partial charge >= 0.3 is 5.97 Å². The number of nitrogens with two attached hydrogens (primary N) is 1. The number of carbonyl (C=O) groups excluding carboxylic acids is 2. The molecule has 1 aromatic rings. The Balaban J connectivity index is 0.00000441. The van der Waals surface area contributed by atoms with Gasteiger partial charge in [0.15, 0.2) is 0 Å². The van der Waals surface area contributed by atoms with Gasteiger partial charge in [0.1, 0.15) is 6.54 Å². The lowest BCUT2D eigenvalue weighted by molar-refractivity contribution is -0.143. The van der Waals surface area contributed by atoms with Crippen molar-refractivity contribution in [2.24, 2.45) is 5.92 Å². The Bertz CT molecular complexity index is 518. The smallest absolute Gasteiger partial charge is 0.325 e. The molecule has 0 saturated heterocycles. The summed E-state index contributed by atoms with van der Waals surface area (Å²) in [5, 5.41) is 0. The minimum atomic E-state index is -0.395. The number of nitrogen functional groups attached to an aromatic ring is 1. The van der Waals surface area contributed by atoms with E-state index in [0.717, 1.165) is 5.56 Å². The summed E-state index contributed by atoms with van der Waals surface area (Å²) in [5.74, 6) is -0.334. The third-order valence-electron chi connectivity index (χ3n) is 2.99. The van der Waals surface area contributed by atoms with Gasteiger partial charge in [0.25, 0.3) is 5.91 Å². The first kappa shape index (κ1) is 20.2. The lowest BCUT2D eigenvalue weighted by atomic mass is 10.1. The van der Waals surface area contributed by atoms with Crippen LogP contribution >= 0.6 is 12.4 Å². The van der Waals surface area contributed by atoms with Crippen LogP contribution in [-0.4, -0.2) is 36.5 Å². The summed E-state index contributed by atoms with van der Waals surface area (Å²) in [6, 6.07) is 5.21. The Morgan fingerprint density at radius 2 is 1.95 bits per heavy atom. The lowest BCUT2D eigenvalue weighted by Crippen LogP contribution is -2.39. The monoisotopic (exact) mass is 328 g/mol. The molecule has 0 atom stereocenters. The second-order valence-electron chi connectivity index (χ2n) is 5.46. The number of hydrogen-bond acceptors (Lipinski definition) is 4. The summed E-state index contributed by atoms with van der Waals surface area (Å²) >= 11 is 0. The van der Waals surface area contributed by atoms with Crippen molar-refractivity contribution < 1.29 is 14.3 Å². The fraction of sp³-hybridized carbons (Fsp3) is 0.500. The summed E-state index contributed by atoms with van der Waals surface area (Å²) in [7, 11) is 0. The molecule has 124 valence electrons. The van der Waals surface area contributed by atoms with E-state index in [0.29, 0.717) is 24.4 Å². The molecule has 1 amide bonds. The third-order valence-corrected chi connectivity index (χ3v) is 2.99. The van der Waals surface area contributed by atoms with E-state index in [1.807, 2.05) is 20.8 Å². The van der Waals surface area contributed by atoms with Crippen LogP contribution in [-0.2, 0) is 9.53 Å². The molecule has 0 heterocycles. The van der Waals surface area contributed by atoms with Crippen LogP contribution in [0.5, 0.6) is 0 Å². The molecule has 6 heteroatoms. The Kier molecular flexibility index (Phi) is 8.56. The largest absolute Gasteiger partial charge is 0.465 e. The zero-order valence-corrected chi connectivity index (χ0v) is 14.4. The summed E-state index contributed by atoms with van der Waals surface area (Å²) in [6.45, 7) is 8.35. The molecule has 0 radical (unpaired) electrons. The van der Waals surface area contributed by atoms with E-state index in [-0.39, 0.29) is 30.8 Å². The second-order valence-corrected chi connectivity index (χ2v) is 5.46. The van der Waals surface area contributed by atoms with Crippen molar-refractivity contribution in [3.8, 4) is 0 Å². The molecule has 1 rings (SSSR count). The molecule has 5 nitrogen and oxygen atoms in total. The highest BCUT2D eigenvalue weighted by molar-refractivity contribution is 5.98. The topological polar surface area (TPSA) is 72.6 Å². The molecule has 0 aromatic heterocycles. The zero-order chi connectivity index (χ0) is 16.0. The van der Waals surface area contributed by atoms with Gasteiger partial charge in [-0.3, -0.25) is 9.59 Å². The van der Waals surface area contributed by atoms with E-state index < -0.39 is 5.97 Å². The van der Waals surface area contributed by atoms with Crippen molar-refractivity contribution in [3.05, 3.63) is 29.3 Å². The van der Waals surface area contributed by atoms with Gasteiger partial charge in [-0.05, 0) is 37.5 Å². The maximum absolute atomic E-state index is 12.7. The summed E-state index contributed by atoms with van der Waals surface area (Å²) in [5.41, 5.74) is 7.65. The van der Waals surface area contributed by atoms with Crippen LogP contribution < -0.4 is 5.73 Å². The number of aryl methyl sites for hydroxylation is 1. The maximum Gasteiger partial charge on any atom is 0.325 e. The van der Waals surface area contributed by atoms with Crippen LogP contribution in [0.1, 0.15) is 36.7 Å². The fourth-order valence-corrected chi connectivity index (χ4v) is 2.06. The van der Waals surface area contributed by atoms with Crippen molar-refractivity contribution in [1.29, 1.82) is 0 Å². The number of carbonyl (C=O) groups is 2. The average Bonchev–Trinajstić information content (AvgIpc) is 2.39. The number of ether oxygens (including phenoxy) is 1. The van der Waals surface area contributed by atoms with E-state index in [2.05, 4.69) is 0 Å². The van der Waals surface area contributed by atoms with E-state index in [1.54, 1.807) is 25.1 Å². The SMILES string of the molecule is CCOC(=O)CN(CC(C)C)C(=O)c1cc(N)ccc1C.Cl. The standard InChI is InChI=1S/C16H24N2O3.ClH/c1-5-21-15(19)10-18(9-11(2)3)16(20)14-8-13(17)7-6-12(14)4;/h6-8,11H,5,9-10,17H2,1-4H3;1H. The molecule has 0 aliphatic carbocycles. The Morgan fingerprint density at radius 1 is 1.32 bits per heavy atom. The first-order valence-corrected chi connectivity index (χ1v) is 7.16. The van der Waals surface area contributed by atoms with Crippen LogP contribution in [0.15, 0.2) is 18.2 Å². The van der Waals surface area contributed by atoms with E-state index in [1.165, 1.54) is 4.90 Å². The number of nitrogens with zero attached hydrogens (tertiary/aromatic N) is 1. The number of hydrogen-bond donors (Lipinski definition) is 1. The predicted octanol–water partition coefficient (Wildman–Crippen LogP) is 2.66. The van der Waals surface area contributed by atoms with Crippen molar-refractivity contribution in [2.75, 3.05) is 25.4 Å². The van der Waals surface area contributed by atoms with Crippen molar-refractivity contribution in [2.45, 2.75) is 27.7 Å². The number of rotatable bonds is 6. The highest BCUT2D eigenvalue weighted by atomic mass is 35.5. The normalized spacial score (nSPS) is 10.0. The van der Waals surface area contributed by atoms with Crippen molar-refractivity contribution in [3.63, 3.8) is 0 Å². The Labute approximate surface area is 138 Å². The Hall–Kier alpha value is -1.75. The van der Waals surface area contributed by atoms with Gasteiger partial charge in [0.2, 0.25) is 0 Å². The number of amides is 1. The summed E-state index contributed by atoms with van der Waals surface area (Å²) < 4.78 is 4.94.